The molecule has 2 N–H and O–H groups in total. The molecule has 2 rings (SSSR count). The summed E-state index contributed by atoms with van der Waals surface area (Å²) in [7, 11) is 0. The van der Waals surface area contributed by atoms with Crippen LogP contribution in [-0.4, -0.2) is 39.9 Å². The number of imide groups is 1. The van der Waals surface area contributed by atoms with Crippen LogP contribution in [-0.2, 0) is 20.8 Å². The molecule has 0 bridgehead atoms. The number of anilines is 1. The molecular formula is C15H16N2O5S. The Bertz CT molecular complexity index is 644. The van der Waals surface area contributed by atoms with E-state index < -0.39 is 34.8 Å². The smallest absolute Gasteiger partial charge is 0.322 e. The summed E-state index contributed by atoms with van der Waals surface area (Å²) >= 11 is 0.778. The number of amides is 3. The molecule has 1 heterocycles. The SMILES string of the molecule is CCc1ccc(N2C(=O)SC(CC(=O)NCC(=O)O)C2=O)cc1. The highest BCUT2D eigenvalue weighted by molar-refractivity contribution is 8.15. The minimum absolute atomic E-state index is 0.230. The third kappa shape index (κ3) is 4.10. The molecule has 122 valence electrons. The first-order valence-electron chi connectivity index (χ1n) is 7.04. The summed E-state index contributed by atoms with van der Waals surface area (Å²) in [5.41, 5.74) is 1.56. The molecule has 3 amide bonds. The van der Waals surface area contributed by atoms with Gasteiger partial charge in [-0.2, -0.15) is 0 Å². The fourth-order valence-electron chi connectivity index (χ4n) is 2.12. The molecule has 1 saturated heterocycles. The minimum Gasteiger partial charge on any atom is -0.480 e. The fourth-order valence-corrected chi connectivity index (χ4v) is 3.10. The van der Waals surface area contributed by atoms with Crippen LogP contribution in [0, 0.1) is 0 Å². The van der Waals surface area contributed by atoms with Gasteiger partial charge in [-0.15, -0.1) is 0 Å². The lowest BCUT2D eigenvalue weighted by molar-refractivity contribution is -0.137. The number of carboxylic acids is 1. The molecule has 8 heteroatoms. The highest BCUT2D eigenvalue weighted by Crippen LogP contribution is 2.33. The summed E-state index contributed by atoms with van der Waals surface area (Å²) in [4.78, 5) is 47.4. The van der Waals surface area contributed by atoms with Crippen molar-refractivity contribution in [2.45, 2.75) is 25.0 Å². The van der Waals surface area contributed by atoms with Crippen molar-refractivity contribution in [1.29, 1.82) is 0 Å². The highest BCUT2D eigenvalue weighted by atomic mass is 32.2. The first kappa shape index (κ1) is 17.0. The van der Waals surface area contributed by atoms with Gasteiger partial charge < -0.3 is 10.4 Å². The average molecular weight is 336 g/mol. The lowest BCUT2D eigenvalue weighted by Crippen LogP contribution is -2.35. The number of nitrogens with zero attached hydrogens (tertiary/aromatic N) is 1. The average Bonchev–Trinajstić information content (AvgIpc) is 2.79. The summed E-state index contributed by atoms with van der Waals surface area (Å²) in [6, 6.07) is 7.07. The lowest BCUT2D eigenvalue weighted by atomic mass is 10.1. The van der Waals surface area contributed by atoms with Crippen LogP contribution in [0.1, 0.15) is 18.9 Å². The number of benzene rings is 1. The third-order valence-electron chi connectivity index (χ3n) is 3.33. The van der Waals surface area contributed by atoms with E-state index in [0.717, 1.165) is 28.6 Å². The molecule has 1 unspecified atom stereocenters. The van der Waals surface area contributed by atoms with Gasteiger partial charge in [-0.3, -0.25) is 19.2 Å². The number of nitrogens with one attached hydrogen (secondary N) is 1. The van der Waals surface area contributed by atoms with E-state index in [1.165, 1.54) is 0 Å². The van der Waals surface area contributed by atoms with Crippen molar-refractivity contribution in [2.75, 3.05) is 11.4 Å². The Hall–Kier alpha value is -2.35. The number of aliphatic carboxylic acids is 1. The quantitative estimate of drug-likeness (QED) is 0.814. The Labute approximate surface area is 137 Å². The van der Waals surface area contributed by atoms with Crippen LogP contribution in [0.15, 0.2) is 24.3 Å². The van der Waals surface area contributed by atoms with Gasteiger partial charge in [0.15, 0.2) is 0 Å². The maximum absolute atomic E-state index is 12.3. The molecule has 7 nitrogen and oxygen atoms in total. The Kier molecular flexibility index (Phi) is 5.38. The zero-order chi connectivity index (χ0) is 17.0. The molecule has 0 radical (unpaired) electrons. The Morgan fingerprint density at radius 2 is 1.91 bits per heavy atom. The van der Waals surface area contributed by atoms with Crippen molar-refractivity contribution < 1.29 is 24.3 Å². The molecule has 1 fully saturated rings. The van der Waals surface area contributed by atoms with Crippen LogP contribution < -0.4 is 10.2 Å². The van der Waals surface area contributed by atoms with Gasteiger partial charge in [0.1, 0.15) is 11.8 Å². The van der Waals surface area contributed by atoms with Crippen molar-refractivity contribution in [3.63, 3.8) is 0 Å². The molecule has 1 aromatic rings. The van der Waals surface area contributed by atoms with E-state index in [0.29, 0.717) is 5.69 Å². The van der Waals surface area contributed by atoms with Crippen molar-refractivity contribution in [3.8, 4) is 0 Å². The van der Waals surface area contributed by atoms with Crippen LogP contribution >= 0.6 is 11.8 Å². The number of carbonyl (C=O) groups excluding carboxylic acids is 3. The first-order chi connectivity index (χ1) is 10.9. The van der Waals surface area contributed by atoms with Crippen molar-refractivity contribution in [1.82, 2.24) is 5.32 Å². The van der Waals surface area contributed by atoms with Gasteiger partial charge in [0.2, 0.25) is 11.8 Å². The van der Waals surface area contributed by atoms with Gasteiger partial charge in [0, 0.05) is 6.42 Å². The molecule has 1 aromatic carbocycles. The fraction of sp³-hybridized carbons (Fsp3) is 0.333. The molecule has 0 saturated carbocycles. The summed E-state index contributed by atoms with van der Waals surface area (Å²) < 4.78 is 0. The normalized spacial score (nSPS) is 17.4. The van der Waals surface area contributed by atoms with E-state index in [4.69, 9.17) is 5.11 Å². The molecule has 1 aliphatic heterocycles. The highest BCUT2D eigenvalue weighted by Gasteiger charge is 2.41. The van der Waals surface area contributed by atoms with Crippen molar-refractivity contribution >= 4 is 40.5 Å². The number of thioether (sulfide) groups is 1. The summed E-state index contributed by atoms with van der Waals surface area (Å²) in [5, 5.41) is 9.42. The second kappa shape index (κ2) is 7.28. The number of rotatable bonds is 6. The van der Waals surface area contributed by atoms with Gasteiger partial charge in [-0.25, -0.2) is 4.90 Å². The Morgan fingerprint density at radius 1 is 1.26 bits per heavy atom. The number of carbonyl (C=O) groups is 4. The van der Waals surface area contributed by atoms with Gasteiger partial charge >= 0.3 is 5.97 Å². The van der Waals surface area contributed by atoms with Crippen LogP contribution in [0.2, 0.25) is 0 Å². The van der Waals surface area contributed by atoms with Gasteiger partial charge in [-0.1, -0.05) is 19.1 Å². The predicted octanol–water partition coefficient (Wildman–Crippen LogP) is 1.41. The molecule has 0 aliphatic carbocycles. The zero-order valence-corrected chi connectivity index (χ0v) is 13.3. The van der Waals surface area contributed by atoms with Gasteiger partial charge in [-0.05, 0) is 35.9 Å². The standard InChI is InChI=1S/C15H16N2O5S/c1-2-9-3-5-10(6-4-9)17-14(21)11(23-15(17)22)7-12(18)16-8-13(19)20/h3-6,11H,2,7-8H2,1H3,(H,16,18)(H,19,20). The zero-order valence-electron chi connectivity index (χ0n) is 12.4. The van der Waals surface area contributed by atoms with E-state index >= 15 is 0 Å². The lowest BCUT2D eigenvalue weighted by Gasteiger charge is -2.14. The number of hydrogen-bond acceptors (Lipinski definition) is 5. The van der Waals surface area contributed by atoms with Crippen molar-refractivity contribution in [3.05, 3.63) is 29.8 Å². The Morgan fingerprint density at radius 3 is 2.48 bits per heavy atom. The van der Waals surface area contributed by atoms with Crippen LogP contribution in [0.4, 0.5) is 10.5 Å². The van der Waals surface area contributed by atoms with E-state index in [-0.39, 0.29) is 6.42 Å². The monoisotopic (exact) mass is 336 g/mol. The maximum atomic E-state index is 12.3. The third-order valence-corrected chi connectivity index (χ3v) is 4.37. The van der Waals surface area contributed by atoms with Crippen LogP contribution in [0.25, 0.3) is 0 Å². The molecule has 1 atom stereocenters. The predicted molar refractivity (Wildman–Crippen MR) is 85.3 cm³/mol. The molecule has 23 heavy (non-hydrogen) atoms. The molecule has 0 spiro atoms. The van der Waals surface area contributed by atoms with E-state index in [2.05, 4.69) is 5.32 Å². The largest absolute Gasteiger partial charge is 0.480 e. The van der Waals surface area contributed by atoms with E-state index in [9.17, 15) is 19.2 Å². The summed E-state index contributed by atoms with van der Waals surface area (Å²) in [6.07, 6.45) is 0.620. The van der Waals surface area contributed by atoms with Crippen LogP contribution in [0.3, 0.4) is 0 Å². The minimum atomic E-state index is -1.17. The van der Waals surface area contributed by atoms with Gasteiger partial charge in [0.25, 0.3) is 5.24 Å². The molecule has 0 aromatic heterocycles. The van der Waals surface area contributed by atoms with Gasteiger partial charge in [0.05, 0.1) is 5.69 Å². The van der Waals surface area contributed by atoms with Crippen LogP contribution in [0.5, 0.6) is 0 Å². The first-order valence-corrected chi connectivity index (χ1v) is 7.92. The topological polar surface area (TPSA) is 104 Å². The van der Waals surface area contributed by atoms with E-state index in [1.807, 2.05) is 19.1 Å². The molecular weight excluding hydrogens is 320 g/mol. The maximum Gasteiger partial charge on any atom is 0.322 e. The number of carboxylic acid groups (broad SMARTS) is 1. The summed E-state index contributed by atoms with van der Waals surface area (Å²) in [5.74, 6) is -2.21. The summed E-state index contributed by atoms with van der Waals surface area (Å²) in [6.45, 7) is 1.49. The number of hydrogen-bond donors (Lipinski definition) is 2. The second-order valence-corrected chi connectivity index (χ2v) is 6.09. The van der Waals surface area contributed by atoms with E-state index in [1.54, 1.807) is 12.1 Å². The molecule has 1 aliphatic rings. The number of aryl methyl sites for hydroxylation is 1. The van der Waals surface area contributed by atoms with Crippen molar-refractivity contribution in [2.24, 2.45) is 0 Å². The second-order valence-electron chi connectivity index (χ2n) is 4.94. The Balaban J connectivity index is 2.04.